The molecule has 1 aliphatic rings. The van der Waals surface area contributed by atoms with Gasteiger partial charge in [0, 0.05) is 50.2 Å². The third-order valence-electron chi connectivity index (χ3n) is 4.33. The molecule has 1 saturated heterocycles. The lowest BCUT2D eigenvalue weighted by Gasteiger charge is -2.36. The topological polar surface area (TPSA) is 45.2 Å². The summed E-state index contributed by atoms with van der Waals surface area (Å²) in [5.41, 5.74) is 3.21. The molecule has 23 heavy (non-hydrogen) atoms. The third-order valence-corrected chi connectivity index (χ3v) is 4.33. The number of anilines is 1. The van der Waals surface area contributed by atoms with Gasteiger partial charge < -0.3 is 4.90 Å². The Kier molecular flexibility index (Phi) is 4.81. The van der Waals surface area contributed by atoms with Crippen molar-refractivity contribution in [1.29, 1.82) is 0 Å². The van der Waals surface area contributed by atoms with E-state index in [2.05, 4.69) is 31.7 Å². The lowest BCUT2D eigenvalue weighted by molar-refractivity contribution is 0.248. The normalized spacial score (nSPS) is 15.9. The van der Waals surface area contributed by atoms with Gasteiger partial charge in [-0.05, 0) is 25.0 Å². The van der Waals surface area contributed by atoms with Crippen molar-refractivity contribution < 1.29 is 4.39 Å². The standard InChI is InChI=1S/C17H22FN5/c1-3-16-13(2)20-12-21-17(16)23-6-4-22(5-7-23)11-14-8-15(18)10-19-9-14/h8-10,12H,3-7,11H2,1-2H3. The number of rotatable bonds is 4. The highest BCUT2D eigenvalue weighted by Gasteiger charge is 2.21. The predicted octanol–water partition coefficient (Wildman–Crippen LogP) is 2.20. The van der Waals surface area contributed by atoms with Crippen LogP contribution in [0.5, 0.6) is 0 Å². The summed E-state index contributed by atoms with van der Waals surface area (Å²) in [5.74, 6) is 0.789. The second kappa shape index (κ2) is 7.00. The summed E-state index contributed by atoms with van der Waals surface area (Å²) in [7, 11) is 0. The number of halogens is 1. The van der Waals surface area contributed by atoms with Crippen LogP contribution in [0.3, 0.4) is 0 Å². The lowest BCUT2D eigenvalue weighted by Crippen LogP contribution is -2.46. The molecule has 122 valence electrons. The minimum absolute atomic E-state index is 0.273. The van der Waals surface area contributed by atoms with Crippen molar-refractivity contribution in [1.82, 2.24) is 19.9 Å². The maximum Gasteiger partial charge on any atom is 0.141 e. The third kappa shape index (κ3) is 3.64. The zero-order valence-electron chi connectivity index (χ0n) is 13.7. The van der Waals surface area contributed by atoms with E-state index in [0.29, 0.717) is 0 Å². The number of hydrogen-bond donors (Lipinski definition) is 0. The Balaban J connectivity index is 1.64. The van der Waals surface area contributed by atoms with Crippen LogP contribution in [-0.2, 0) is 13.0 Å². The molecular formula is C17H22FN5. The Morgan fingerprint density at radius 1 is 1.13 bits per heavy atom. The first-order valence-corrected chi connectivity index (χ1v) is 8.04. The van der Waals surface area contributed by atoms with Crippen LogP contribution in [0.4, 0.5) is 10.2 Å². The van der Waals surface area contributed by atoms with Crippen LogP contribution < -0.4 is 4.90 Å². The van der Waals surface area contributed by atoms with Crippen LogP contribution in [0, 0.1) is 12.7 Å². The Morgan fingerprint density at radius 2 is 1.91 bits per heavy atom. The molecule has 2 aromatic heterocycles. The fourth-order valence-electron chi connectivity index (χ4n) is 3.09. The van der Waals surface area contributed by atoms with E-state index in [0.717, 1.165) is 56.2 Å². The molecule has 2 aromatic rings. The highest BCUT2D eigenvalue weighted by atomic mass is 19.1. The van der Waals surface area contributed by atoms with Gasteiger partial charge in [0.1, 0.15) is 18.0 Å². The molecule has 0 N–H and O–H groups in total. The number of aryl methyl sites for hydroxylation is 1. The first kappa shape index (κ1) is 15.8. The first-order chi connectivity index (χ1) is 11.2. The van der Waals surface area contributed by atoms with Crippen LogP contribution in [0.15, 0.2) is 24.8 Å². The molecule has 0 bridgehead atoms. The van der Waals surface area contributed by atoms with Crippen LogP contribution in [0.2, 0.25) is 0 Å². The minimum atomic E-state index is -0.273. The van der Waals surface area contributed by atoms with E-state index in [-0.39, 0.29) is 5.82 Å². The van der Waals surface area contributed by atoms with E-state index < -0.39 is 0 Å². The molecule has 0 amide bonds. The summed E-state index contributed by atoms with van der Waals surface area (Å²) < 4.78 is 13.2. The van der Waals surface area contributed by atoms with E-state index in [1.54, 1.807) is 18.6 Å². The van der Waals surface area contributed by atoms with Crippen molar-refractivity contribution in [3.8, 4) is 0 Å². The Bertz CT molecular complexity index is 668. The van der Waals surface area contributed by atoms with Crippen molar-refractivity contribution in [2.24, 2.45) is 0 Å². The smallest absolute Gasteiger partial charge is 0.141 e. The second-order valence-electron chi connectivity index (χ2n) is 5.89. The average Bonchev–Trinajstić information content (AvgIpc) is 2.55. The Morgan fingerprint density at radius 3 is 2.61 bits per heavy atom. The zero-order valence-corrected chi connectivity index (χ0v) is 13.7. The largest absolute Gasteiger partial charge is 0.354 e. The number of piperazine rings is 1. The Hall–Kier alpha value is -2.08. The highest BCUT2D eigenvalue weighted by molar-refractivity contribution is 5.48. The summed E-state index contributed by atoms with van der Waals surface area (Å²) in [6.07, 6.45) is 5.56. The number of pyridine rings is 1. The molecule has 0 unspecified atom stereocenters. The minimum Gasteiger partial charge on any atom is -0.354 e. The summed E-state index contributed by atoms with van der Waals surface area (Å²) in [6, 6.07) is 1.56. The maximum absolute atomic E-state index is 13.2. The van der Waals surface area contributed by atoms with Crippen molar-refractivity contribution >= 4 is 5.82 Å². The van der Waals surface area contributed by atoms with E-state index >= 15 is 0 Å². The molecule has 3 heterocycles. The Labute approximate surface area is 136 Å². The van der Waals surface area contributed by atoms with Gasteiger partial charge in [-0.2, -0.15) is 0 Å². The summed E-state index contributed by atoms with van der Waals surface area (Å²) in [6.45, 7) is 8.63. The second-order valence-corrected chi connectivity index (χ2v) is 5.89. The molecule has 0 atom stereocenters. The quantitative estimate of drug-likeness (QED) is 0.865. The molecule has 0 spiro atoms. The van der Waals surface area contributed by atoms with Crippen LogP contribution >= 0.6 is 0 Å². The summed E-state index contributed by atoms with van der Waals surface area (Å²) in [4.78, 5) is 17.4. The molecule has 0 saturated carbocycles. The maximum atomic E-state index is 13.2. The zero-order chi connectivity index (χ0) is 16.2. The molecular weight excluding hydrogens is 293 g/mol. The lowest BCUT2D eigenvalue weighted by atomic mass is 10.1. The number of hydrogen-bond acceptors (Lipinski definition) is 5. The van der Waals surface area contributed by atoms with Gasteiger partial charge in [-0.3, -0.25) is 9.88 Å². The molecule has 0 aliphatic carbocycles. The van der Waals surface area contributed by atoms with E-state index in [1.807, 2.05) is 6.92 Å². The molecule has 0 aromatic carbocycles. The van der Waals surface area contributed by atoms with Gasteiger partial charge in [-0.25, -0.2) is 14.4 Å². The van der Waals surface area contributed by atoms with Crippen molar-refractivity contribution in [2.75, 3.05) is 31.1 Å². The van der Waals surface area contributed by atoms with Gasteiger partial charge in [0.15, 0.2) is 0 Å². The SMILES string of the molecule is CCc1c(C)ncnc1N1CCN(Cc2cncc(F)c2)CC1. The molecule has 1 fully saturated rings. The van der Waals surface area contributed by atoms with Gasteiger partial charge in [-0.1, -0.05) is 6.92 Å². The fourth-order valence-corrected chi connectivity index (χ4v) is 3.09. The van der Waals surface area contributed by atoms with Gasteiger partial charge >= 0.3 is 0 Å². The summed E-state index contributed by atoms with van der Waals surface area (Å²) in [5, 5.41) is 0. The van der Waals surface area contributed by atoms with Gasteiger partial charge in [0.05, 0.1) is 6.20 Å². The van der Waals surface area contributed by atoms with Crippen molar-refractivity contribution in [3.05, 3.63) is 47.4 Å². The van der Waals surface area contributed by atoms with E-state index in [9.17, 15) is 4.39 Å². The molecule has 0 radical (unpaired) electrons. The molecule has 1 aliphatic heterocycles. The van der Waals surface area contributed by atoms with Crippen molar-refractivity contribution in [2.45, 2.75) is 26.8 Å². The van der Waals surface area contributed by atoms with Crippen LogP contribution in [0.25, 0.3) is 0 Å². The fraction of sp³-hybridized carbons (Fsp3) is 0.471. The number of nitrogens with zero attached hydrogens (tertiary/aromatic N) is 5. The van der Waals surface area contributed by atoms with Gasteiger partial charge in [-0.15, -0.1) is 0 Å². The van der Waals surface area contributed by atoms with Gasteiger partial charge in [0.25, 0.3) is 0 Å². The highest BCUT2D eigenvalue weighted by Crippen LogP contribution is 2.21. The van der Waals surface area contributed by atoms with Crippen LogP contribution in [0.1, 0.15) is 23.7 Å². The monoisotopic (exact) mass is 315 g/mol. The van der Waals surface area contributed by atoms with Crippen molar-refractivity contribution in [3.63, 3.8) is 0 Å². The molecule has 5 nitrogen and oxygen atoms in total. The van der Waals surface area contributed by atoms with E-state index in [4.69, 9.17) is 0 Å². The van der Waals surface area contributed by atoms with Crippen LogP contribution in [-0.4, -0.2) is 46.0 Å². The molecule has 3 rings (SSSR count). The predicted molar refractivity (Wildman–Crippen MR) is 87.8 cm³/mol. The first-order valence-electron chi connectivity index (χ1n) is 8.04. The molecule has 6 heteroatoms. The average molecular weight is 315 g/mol. The summed E-state index contributed by atoms with van der Waals surface area (Å²) >= 11 is 0. The van der Waals surface area contributed by atoms with Gasteiger partial charge in [0.2, 0.25) is 0 Å². The van der Waals surface area contributed by atoms with E-state index in [1.165, 1.54) is 11.8 Å². The number of aromatic nitrogens is 3.